The summed E-state index contributed by atoms with van der Waals surface area (Å²) in [6.45, 7) is 3.94. The molecule has 1 saturated carbocycles. The Hall–Kier alpha value is -2.15. The van der Waals surface area contributed by atoms with E-state index in [1.807, 2.05) is 19.1 Å². The number of hydrogen-bond acceptors (Lipinski definition) is 5. The standard InChI is InChI=1S/C18H21NO5S/c1-3-11-8-12(18(23)24-4-2)16(25-11)19-15(20)13-9-5-6-10(7-9)14(13)17(21)22/h5-6,8-10,13-14H,3-4,7H2,1-2H3,(H,19,20)(H,21,22)/t9-,10+,13+,14+/m1/s1. The number of esters is 1. The molecule has 6 nitrogen and oxygen atoms in total. The van der Waals surface area contributed by atoms with Crippen LogP contribution in [0.5, 0.6) is 0 Å². The van der Waals surface area contributed by atoms with Gasteiger partial charge in [0.25, 0.3) is 0 Å². The molecule has 1 fully saturated rings. The van der Waals surface area contributed by atoms with E-state index in [2.05, 4.69) is 5.32 Å². The Balaban J connectivity index is 1.83. The summed E-state index contributed by atoms with van der Waals surface area (Å²) < 4.78 is 5.05. The molecule has 1 aromatic rings. The van der Waals surface area contributed by atoms with Gasteiger partial charge < -0.3 is 15.2 Å². The van der Waals surface area contributed by atoms with Gasteiger partial charge in [-0.2, -0.15) is 0 Å². The predicted octanol–water partition coefficient (Wildman–Crippen LogP) is 2.95. The fourth-order valence-corrected chi connectivity index (χ4v) is 4.77. The Morgan fingerprint density at radius 3 is 2.52 bits per heavy atom. The van der Waals surface area contributed by atoms with E-state index < -0.39 is 23.8 Å². The van der Waals surface area contributed by atoms with Gasteiger partial charge in [-0.25, -0.2) is 4.79 Å². The zero-order valence-electron chi connectivity index (χ0n) is 14.2. The summed E-state index contributed by atoms with van der Waals surface area (Å²) >= 11 is 1.33. The zero-order valence-corrected chi connectivity index (χ0v) is 15.0. The lowest BCUT2D eigenvalue weighted by Crippen LogP contribution is -2.36. The summed E-state index contributed by atoms with van der Waals surface area (Å²) in [4.78, 5) is 37.5. The van der Waals surface area contributed by atoms with Crippen molar-refractivity contribution in [3.05, 3.63) is 28.7 Å². The van der Waals surface area contributed by atoms with Crippen LogP contribution < -0.4 is 5.32 Å². The van der Waals surface area contributed by atoms with E-state index in [9.17, 15) is 19.5 Å². The van der Waals surface area contributed by atoms with Crippen LogP contribution in [-0.4, -0.2) is 29.6 Å². The van der Waals surface area contributed by atoms with Crippen LogP contribution in [0.3, 0.4) is 0 Å². The van der Waals surface area contributed by atoms with Gasteiger partial charge in [0.1, 0.15) is 5.00 Å². The number of allylic oxidation sites excluding steroid dienone is 2. The minimum atomic E-state index is -0.942. The summed E-state index contributed by atoms with van der Waals surface area (Å²) in [6.07, 6.45) is 5.27. The van der Waals surface area contributed by atoms with Gasteiger partial charge in [-0.15, -0.1) is 11.3 Å². The minimum Gasteiger partial charge on any atom is -0.481 e. The van der Waals surface area contributed by atoms with E-state index in [1.165, 1.54) is 11.3 Å². The van der Waals surface area contributed by atoms with Gasteiger partial charge in [0, 0.05) is 4.88 Å². The van der Waals surface area contributed by atoms with Crippen molar-refractivity contribution in [1.82, 2.24) is 0 Å². The first-order valence-electron chi connectivity index (χ1n) is 8.48. The second-order valence-electron chi connectivity index (χ2n) is 6.36. The van der Waals surface area contributed by atoms with Gasteiger partial charge in [-0.1, -0.05) is 19.1 Å². The summed E-state index contributed by atoms with van der Waals surface area (Å²) in [7, 11) is 0. The average molecular weight is 363 g/mol. The molecular formula is C18H21NO5S. The number of nitrogens with one attached hydrogen (secondary N) is 1. The number of carboxylic acid groups (broad SMARTS) is 1. The summed E-state index contributed by atoms with van der Waals surface area (Å²) in [5.74, 6) is -3.19. The monoisotopic (exact) mass is 363 g/mol. The molecule has 1 amide bonds. The van der Waals surface area contributed by atoms with E-state index in [0.717, 1.165) is 11.3 Å². The molecule has 2 aliphatic rings. The van der Waals surface area contributed by atoms with Gasteiger partial charge >= 0.3 is 11.9 Å². The first-order chi connectivity index (χ1) is 12.0. The van der Waals surface area contributed by atoms with Crippen LogP contribution >= 0.6 is 11.3 Å². The van der Waals surface area contributed by atoms with Gasteiger partial charge in [0.15, 0.2) is 0 Å². The van der Waals surface area contributed by atoms with Gasteiger partial charge in [0.2, 0.25) is 5.91 Å². The molecule has 0 aromatic carbocycles. The lowest BCUT2D eigenvalue weighted by molar-refractivity contribution is -0.146. The molecule has 1 heterocycles. The van der Waals surface area contributed by atoms with Crippen molar-refractivity contribution in [2.45, 2.75) is 26.7 Å². The SMILES string of the molecule is CCOC(=O)c1cc(CC)sc1NC(=O)[C@@H]1[C@@H](C(=O)O)[C@H]2C=C[C@@H]1C2. The minimum absolute atomic E-state index is 0.0530. The van der Waals surface area contributed by atoms with Crippen molar-refractivity contribution in [2.75, 3.05) is 11.9 Å². The maximum absolute atomic E-state index is 12.8. The fourth-order valence-electron chi connectivity index (χ4n) is 3.78. The molecule has 134 valence electrons. The first-order valence-corrected chi connectivity index (χ1v) is 9.29. The third kappa shape index (κ3) is 3.20. The summed E-state index contributed by atoms with van der Waals surface area (Å²) in [5, 5.41) is 12.7. The first kappa shape index (κ1) is 17.7. The molecule has 0 saturated heterocycles. The number of fused-ring (bicyclic) bond motifs is 2. The maximum Gasteiger partial charge on any atom is 0.341 e. The van der Waals surface area contributed by atoms with Crippen molar-refractivity contribution in [3.63, 3.8) is 0 Å². The number of thiophene rings is 1. The largest absolute Gasteiger partial charge is 0.481 e. The molecule has 0 radical (unpaired) electrons. The van der Waals surface area contributed by atoms with Gasteiger partial charge in [0.05, 0.1) is 24.0 Å². The van der Waals surface area contributed by atoms with E-state index in [4.69, 9.17) is 4.74 Å². The highest BCUT2D eigenvalue weighted by atomic mass is 32.1. The third-order valence-corrected chi connectivity index (χ3v) is 6.11. The highest BCUT2D eigenvalue weighted by molar-refractivity contribution is 7.16. The molecule has 3 rings (SSSR count). The molecule has 0 aliphatic heterocycles. The zero-order chi connectivity index (χ0) is 18.1. The average Bonchev–Trinajstić information content (AvgIpc) is 3.28. The summed E-state index contributed by atoms with van der Waals surface area (Å²) in [5.41, 5.74) is 0.336. The fraction of sp³-hybridized carbons (Fsp3) is 0.500. The highest BCUT2D eigenvalue weighted by Crippen LogP contribution is 2.48. The number of carbonyl (C=O) groups excluding carboxylic acids is 2. The van der Waals surface area contributed by atoms with Crippen LogP contribution in [0, 0.1) is 23.7 Å². The molecule has 2 bridgehead atoms. The molecular weight excluding hydrogens is 342 g/mol. The lowest BCUT2D eigenvalue weighted by Gasteiger charge is -2.23. The topological polar surface area (TPSA) is 92.7 Å². The van der Waals surface area contributed by atoms with Crippen LogP contribution in [0.25, 0.3) is 0 Å². The molecule has 4 atom stereocenters. The van der Waals surface area contributed by atoms with Gasteiger partial charge in [-0.05, 0) is 37.7 Å². The number of rotatable bonds is 6. The Labute approximate surface area is 149 Å². The van der Waals surface area contributed by atoms with Crippen LogP contribution in [0.4, 0.5) is 5.00 Å². The number of amides is 1. The number of carboxylic acids is 1. The number of hydrogen-bond donors (Lipinski definition) is 2. The van der Waals surface area contributed by atoms with Crippen molar-refractivity contribution in [3.8, 4) is 0 Å². The molecule has 2 aliphatic carbocycles. The second-order valence-corrected chi connectivity index (χ2v) is 7.49. The lowest BCUT2D eigenvalue weighted by atomic mass is 9.82. The van der Waals surface area contributed by atoms with Crippen LogP contribution in [0.1, 0.15) is 35.5 Å². The normalized spacial score (nSPS) is 26.6. The number of aliphatic carboxylic acids is 1. The van der Waals surface area contributed by atoms with Crippen molar-refractivity contribution >= 4 is 34.2 Å². The Kier molecular flexibility index (Phi) is 4.94. The van der Waals surface area contributed by atoms with Crippen molar-refractivity contribution in [1.29, 1.82) is 0 Å². The number of anilines is 1. The maximum atomic E-state index is 12.8. The molecule has 2 N–H and O–H groups in total. The molecule has 0 spiro atoms. The smallest absolute Gasteiger partial charge is 0.341 e. The van der Waals surface area contributed by atoms with Crippen LogP contribution in [0.2, 0.25) is 0 Å². The number of aryl methyl sites for hydroxylation is 1. The van der Waals surface area contributed by atoms with Gasteiger partial charge in [-0.3, -0.25) is 9.59 Å². The number of ether oxygens (including phenoxy) is 1. The molecule has 1 aromatic heterocycles. The molecule has 0 unspecified atom stereocenters. The molecule has 25 heavy (non-hydrogen) atoms. The molecule has 7 heteroatoms. The van der Waals surface area contributed by atoms with Crippen LogP contribution in [-0.2, 0) is 20.7 Å². The van der Waals surface area contributed by atoms with Crippen molar-refractivity contribution in [2.24, 2.45) is 23.7 Å². The quantitative estimate of drug-likeness (QED) is 0.599. The van der Waals surface area contributed by atoms with Crippen molar-refractivity contribution < 1.29 is 24.2 Å². The third-order valence-electron chi connectivity index (χ3n) is 4.91. The van der Waals surface area contributed by atoms with E-state index in [-0.39, 0.29) is 24.3 Å². The summed E-state index contributed by atoms with van der Waals surface area (Å²) in [6, 6.07) is 1.73. The second kappa shape index (κ2) is 7.00. The van der Waals surface area contributed by atoms with Crippen LogP contribution in [0.15, 0.2) is 18.2 Å². The predicted molar refractivity (Wildman–Crippen MR) is 93.6 cm³/mol. The Morgan fingerprint density at radius 1 is 1.24 bits per heavy atom. The highest BCUT2D eigenvalue weighted by Gasteiger charge is 2.51. The Morgan fingerprint density at radius 2 is 1.92 bits per heavy atom. The van der Waals surface area contributed by atoms with E-state index in [0.29, 0.717) is 17.0 Å². The number of carbonyl (C=O) groups is 3. The van der Waals surface area contributed by atoms with E-state index in [1.54, 1.807) is 13.0 Å². The Bertz CT molecular complexity index is 738. The van der Waals surface area contributed by atoms with E-state index >= 15 is 0 Å².